The molecule has 3 rings (SSSR count). The van der Waals surface area contributed by atoms with E-state index in [1.54, 1.807) is 0 Å². The van der Waals surface area contributed by atoms with E-state index in [-0.39, 0.29) is 0 Å². The van der Waals surface area contributed by atoms with Crippen LogP contribution in [0.15, 0.2) is 42.6 Å². The average molecular weight is 323 g/mol. The summed E-state index contributed by atoms with van der Waals surface area (Å²) in [5.41, 5.74) is 5.29. The number of likely N-dealkylation sites (N-methyl/N-ethyl adjacent to an activating group) is 1. The van der Waals surface area contributed by atoms with Crippen molar-refractivity contribution in [3.05, 3.63) is 59.4 Å². The third-order valence-corrected chi connectivity index (χ3v) is 4.91. The van der Waals surface area contributed by atoms with Crippen LogP contribution in [-0.2, 0) is 19.3 Å². The summed E-state index contributed by atoms with van der Waals surface area (Å²) in [5.74, 6) is 0. The summed E-state index contributed by atoms with van der Waals surface area (Å²) in [6.45, 7) is 6.69. The minimum atomic E-state index is 1.01. The zero-order chi connectivity index (χ0) is 16.8. The van der Waals surface area contributed by atoms with Crippen LogP contribution in [0.25, 0.3) is 0 Å². The maximum absolute atomic E-state index is 4.68. The van der Waals surface area contributed by atoms with Crippen molar-refractivity contribution in [2.24, 2.45) is 0 Å². The van der Waals surface area contributed by atoms with Gasteiger partial charge in [0.05, 0.1) is 11.9 Å². The van der Waals surface area contributed by atoms with Gasteiger partial charge in [-0.1, -0.05) is 37.6 Å². The molecule has 1 aliphatic rings. The molecule has 0 atom stereocenters. The first-order valence-corrected chi connectivity index (χ1v) is 9.21. The van der Waals surface area contributed by atoms with Crippen LogP contribution in [0.5, 0.6) is 0 Å². The molecule has 1 aromatic heterocycles. The molecule has 2 aromatic rings. The van der Waals surface area contributed by atoms with Crippen LogP contribution in [0.1, 0.15) is 30.2 Å². The largest absolute Gasteiger partial charge is 0.368 e. The number of benzene rings is 1. The first kappa shape index (κ1) is 17.0. The molecule has 1 fully saturated rings. The van der Waals surface area contributed by atoms with E-state index in [1.807, 2.05) is 6.20 Å². The lowest BCUT2D eigenvalue weighted by molar-refractivity contribution is 0.313. The van der Waals surface area contributed by atoms with Crippen molar-refractivity contribution in [2.45, 2.75) is 32.6 Å². The summed E-state index contributed by atoms with van der Waals surface area (Å²) in [6, 6.07) is 13.5. The van der Waals surface area contributed by atoms with Crippen molar-refractivity contribution in [1.29, 1.82) is 0 Å². The molecule has 0 N–H and O–H groups in total. The zero-order valence-corrected chi connectivity index (χ0v) is 15.0. The Balaban J connectivity index is 1.52. The lowest BCUT2D eigenvalue weighted by Gasteiger charge is -2.33. The smallest absolute Gasteiger partial charge is 0.0553 e. The van der Waals surface area contributed by atoms with Crippen LogP contribution in [-0.4, -0.2) is 43.1 Å². The normalized spacial score (nSPS) is 15.7. The van der Waals surface area contributed by atoms with Gasteiger partial charge in [0.15, 0.2) is 0 Å². The van der Waals surface area contributed by atoms with Gasteiger partial charge in [-0.15, -0.1) is 0 Å². The number of nitrogens with zero attached hydrogens (tertiary/aromatic N) is 3. The van der Waals surface area contributed by atoms with Crippen LogP contribution >= 0.6 is 0 Å². The molecule has 1 saturated heterocycles. The first-order valence-electron chi connectivity index (χ1n) is 9.21. The monoisotopic (exact) mass is 323 g/mol. The van der Waals surface area contributed by atoms with Gasteiger partial charge in [0, 0.05) is 31.9 Å². The van der Waals surface area contributed by atoms with Crippen molar-refractivity contribution in [3.8, 4) is 0 Å². The molecule has 0 amide bonds. The Morgan fingerprint density at radius 3 is 2.08 bits per heavy atom. The van der Waals surface area contributed by atoms with Gasteiger partial charge in [-0.2, -0.15) is 0 Å². The van der Waals surface area contributed by atoms with Crippen molar-refractivity contribution >= 4 is 5.69 Å². The van der Waals surface area contributed by atoms with Crippen molar-refractivity contribution in [2.75, 3.05) is 38.1 Å². The van der Waals surface area contributed by atoms with E-state index in [0.29, 0.717) is 0 Å². The molecule has 2 heterocycles. The Morgan fingerprint density at radius 1 is 0.833 bits per heavy atom. The number of rotatable bonds is 6. The quantitative estimate of drug-likeness (QED) is 0.810. The Bertz CT molecular complexity index is 611. The molecule has 0 bridgehead atoms. The zero-order valence-electron chi connectivity index (χ0n) is 15.0. The van der Waals surface area contributed by atoms with E-state index < -0.39 is 0 Å². The predicted octanol–water partition coefficient (Wildman–Crippen LogP) is 3.57. The van der Waals surface area contributed by atoms with E-state index in [4.69, 9.17) is 0 Å². The number of hydrogen-bond donors (Lipinski definition) is 0. The second-order valence-corrected chi connectivity index (χ2v) is 6.86. The highest BCUT2D eigenvalue weighted by Gasteiger charge is 2.14. The van der Waals surface area contributed by atoms with E-state index in [9.17, 15) is 0 Å². The highest BCUT2D eigenvalue weighted by Crippen LogP contribution is 2.16. The number of piperazine rings is 1. The minimum Gasteiger partial charge on any atom is -0.368 e. The van der Waals surface area contributed by atoms with Gasteiger partial charge in [-0.3, -0.25) is 4.98 Å². The Hall–Kier alpha value is -1.87. The molecule has 1 aromatic carbocycles. The number of aromatic nitrogens is 1. The fourth-order valence-corrected chi connectivity index (χ4v) is 3.25. The van der Waals surface area contributed by atoms with Gasteiger partial charge in [0.25, 0.3) is 0 Å². The standard InChI is InChI=1S/C21H29N3/c1-3-4-18-5-7-19(8-6-18)9-10-20-11-12-21(17-22-20)24-15-13-23(2)14-16-24/h5-8,11-12,17H,3-4,9-10,13-16H2,1-2H3. The highest BCUT2D eigenvalue weighted by molar-refractivity contribution is 5.45. The molecular weight excluding hydrogens is 294 g/mol. The average Bonchev–Trinajstić information content (AvgIpc) is 2.63. The molecular formula is C21H29N3. The van der Waals surface area contributed by atoms with Gasteiger partial charge in [0.1, 0.15) is 0 Å². The van der Waals surface area contributed by atoms with Gasteiger partial charge in [-0.25, -0.2) is 0 Å². The lowest BCUT2D eigenvalue weighted by Crippen LogP contribution is -2.44. The predicted molar refractivity (Wildman–Crippen MR) is 102 cm³/mol. The first-order chi connectivity index (χ1) is 11.7. The SMILES string of the molecule is CCCc1ccc(CCc2ccc(N3CCN(C)CC3)cn2)cc1. The van der Waals surface area contributed by atoms with Gasteiger partial charge >= 0.3 is 0 Å². The Morgan fingerprint density at radius 2 is 1.50 bits per heavy atom. The number of aryl methyl sites for hydroxylation is 3. The maximum Gasteiger partial charge on any atom is 0.0553 e. The second kappa shape index (κ2) is 8.29. The van der Waals surface area contributed by atoms with Crippen LogP contribution in [0.2, 0.25) is 0 Å². The van der Waals surface area contributed by atoms with Crippen LogP contribution < -0.4 is 4.90 Å². The highest BCUT2D eigenvalue weighted by atomic mass is 15.2. The van der Waals surface area contributed by atoms with Crippen LogP contribution in [0, 0.1) is 0 Å². The topological polar surface area (TPSA) is 19.4 Å². The summed E-state index contributed by atoms with van der Waals surface area (Å²) < 4.78 is 0. The molecule has 3 nitrogen and oxygen atoms in total. The minimum absolute atomic E-state index is 1.01. The summed E-state index contributed by atoms with van der Waals surface area (Å²) in [6.07, 6.45) is 6.51. The van der Waals surface area contributed by atoms with Crippen molar-refractivity contribution in [1.82, 2.24) is 9.88 Å². The molecule has 0 spiro atoms. The third kappa shape index (κ3) is 4.57. The van der Waals surface area contributed by atoms with E-state index in [2.05, 4.69) is 65.2 Å². The van der Waals surface area contributed by atoms with Crippen LogP contribution in [0.3, 0.4) is 0 Å². The summed E-state index contributed by atoms with van der Waals surface area (Å²) in [4.78, 5) is 9.49. The van der Waals surface area contributed by atoms with E-state index >= 15 is 0 Å². The Kier molecular flexibility index (Phi) is 5.86. The fourth-order valence-electron chi connectivity index (χ4n) is 3.25. The molecule has 128 valence electrons. The van der Waals surface area contributed by atoms with Gasteiger partial charge in [-0.05, 0) is 49.6 Å². The van der Waals surface area contributed by atoms with Gasteiger partial charge in [0.2, 0.25) is 0 Å². The summed E-state index contributed by atoms with van der Waals surface area (Å²) in [5, 5.41) is 0. The van der Waals surface area contributed by atoms with E-state index in [1.165, 1.54) is 35.3 Å². The maximum atomic E-state index is 4.68. The molecule has 0 radical (unpaired) electrons. The van der Waals surface area contributed by atoms with Crippen molar-refractivity contribution < 1.29 is 0 Å². The Labute approximate surface area is 146 Å². The molecule has 24 heavy (non-hydrogen) atoms. The molecule has 0 aliphatic carbocycles. The van der Waals surface area contributed by atoms with E-state index in [0.717, 1.165) is 39.0 Å². The number of pyridine rings is 1. The molecule has 0 saturated carbocycles. The summed E-state index contributed by atoms with van der Waals surface area (Å²) in [7, 11) is 2.19. The summed E-state index contributed by atoms with van der Waals surface area (Å²) >= 11 is 0. The third-order valence-electron chi connectivity index (χ3n) is 4.91. The number of hydrogen-bond acceptors (Lipinski definition) is 3. The van der Waals surface area contributed by atoms with Crippen LogP contribution in [0.4, 0.5) is 5.69 Å². The number of anilines is 1. The molecule has 3 heteroatoms. The van der Waals surface area contributed by atoms with Gasteiger partial charge < -0.3 is 9.80 Å². The lowest BCUT2D eigenvalue weighted by atomic mass is 10.0. The molecule has 1 aliphatic heterocycles. The molecule has 0 unspecified atom stereocenters. The second-order valence-electron chi connectivity index (χ2n) is 6.86. The van der Waals surface area contributed by atoms with Crippen molar-refractivity contribution in [3.63, 3.8) is 0 Å². The fraction of sp³-hybridized carbons (Fsp3) is 0.476.